The van der Waals surface area contributed by atoms with E-state index in [4.69, 9.17) is 0 Å². The number of nitrogens with zero attached hydrogens (tertiary/aromatic N) is 2. The average Bonchev–Trinajstić information content (AvgIpc) is 2.87. The molecule has 1 atom stereocenters. The summed E-state index contributed by atoms with van der Waals surface area (Å²) in [5.74, 6) is 0.205. The summed E-state index contributed by atoms with van der Waals surface area (Å²) >= 11 is 0. The van der Waals surface area contributed by atoms with E-state index < -0.39 is 6.04 Å². The molecule has 0 saturated carbocycles. The summed E-state index contributed by atoms with van der Waals surface area (Å²) in [5, 5.41) is 11.6. The predicted molar refractivity (Wildman–Crippen MR) is 88.4 cm³/mol. The van der Waals surface area contributed by atoms with Crippen molar-refractivity contribution < 1.29 is 9.59 Å². The first-order valence-corrected chi connectivity index (χ1v) is 8.16. The van der Waals surface area contributed by atoms with Crippen molar-refractivity contribution in [2.45, 2.75) is 39.7 Å². The van der Waals surface area contributed by atoms with Crippen molar-refractivity contribution in [1.82, 2.24) is 30.7 Å². The zero-order chi connectivity index (χ0) is 17.7. The average molecular weight is 338 g/mol. The van der Waals surface area contributed by atoms with Gasteiger partial charge in [-0.3, -0.25) is 19.5 Å². The maximum Gasteiger partial charge on any atom is 0.340 e. The van der Waals surface area contributed by atoms with E-state index >= 15 is 0 Å². The number of H-pyrrole nitrogens is 2. The van der Waals surface area contributed by atoms with Gasteiger partial charge in [-0.05, 0) is 5.41 Å². The van der Waals surface area contributed by atoms with Crippen LogP contribution >= 0.6 is 0 Å². The molecule has 1 aromatic rings. The van der Waals surface area contributed by atoms with Crippen molar-refractivity contribution in [1.29, 1.82) is 0 Å². The molecule has 9 heteroatoms. The zero-order valence-corrected chi connectivity index (χ0v) is 14.4. The Morgan fingerprint density at radius 3 is 2.75 bits per heavy atom. The van der Waals surface area contributed by atoms with E-state index in [1.165, 1.54) is 0 Å². The summed E-state index contributed by atoms with van der Waals surface area (Å²) in [6.45, 7) is 8.80. The third-order valence-corrected chi connectivity index (χ3v) is 3.73. The van der Waals surface area contributed by atoms with Crippen molar-refractivity contribution >= 4 is 11.8 Å². The Bertz CT molecular complexity index is 630. The van der Waals surface area contributed by atoms with Gasteiger partial charge in [0.1, 0.15) is 5.82 Å². The molecular formula is C15H26N6O3. The summed E-state index contributed by atoms with van der Waals surface area (Å²) in [7, 11) is 0. The van der Waals surface area contributed by atoms with Crippen LogP contribution in [-0.4, -0.2) is 64.1 Å². The smallest absolute Gasteiger partial charge is 0.340 e. The second-order valence-electron chi connectivity index (χ2n) is 7.27. The number of aromatic nitrogens is 3. The molecule has 0 aromatic carbocycles. The van der Waals surface area contributed by atoms with Gasteiger partial charge in [0.2, 0.25) is 11.8 Å². The van der Waals surface area contributed by atoms with Crippen LogP contribution in [0.5, 0.6) is 0 Å². The monoisotopic (exact) mass is 338 g/mol. The molecule has 2 heterocycles. The van der Waals surface area contributed by atoms with Gasteiger partial charge in [-0.2, -0.15) is 5.10 Å². The van der Waals surface area contributed by atoms with Gasteiger partial charge >= 0.3 is 5.69 Å². The van der Waals surface area contributed by atoms with Crippen LogP contribution < -0.4 is 16.3 Å². The molecule has 0 bridgehead atoms. The lowest BCUT2D eigenvalue weighted by Gasteiger charge is -2.38. The van der Waals surface area contributed by atoms with Gasteiger partial charge in [-0.25, -0.2) is 9.89 Å². The molecular weight excluding hydrogens is 312 g/mol. The van der Waals surface area contributed by atoms with Crippen molar-refractivity contribution in [3.8, 4) is 0 Å². The van der Waals surface area contributed by atoms with E-state index in [9.17, 15) is 14.4 Å². The first kappa shape index (κ1) is 18.2. The van der Waals surface area contributed by atoms with Gasteiger partial charge in [0, 0.05) is 32.6 Å². The topological polar surface area (TPSA) is 123 Å². The number of hydrogen-bond donors (Lipinski definition) is 4. The fourth-order valence-corrected chi connectivity index (χ4v) is 2.77. The Morgan fingerprint density at radius 1 is 1.38 bits per heavy atom. The van der Waals surface area contributed by atoms with Gasteiger partial charge in [0.05, 0.1) is 12.5 Å². The van der Waals surface area contributed by atoms with Gasteiger partial charge in [-0.15, -0.1) is 0 Å². The number of aromatic amines is 2. The van der Waals surface area contributed by atoms with E-state index in [-0.39, 0.29) is 29.3 Å². The zero-order valence-electron chi connectivity index (χ0n) is 14.4. The number of carbonyl (C=O) groups excluding carboxylic acids is 2. The lowest BCUT2D eigenvalue weighted by Crippen LogP contribution is -2.58. The van der Waals surface area contributed by atoms with Crippen LogP contribution in [0.4, 0.5) is 0 Å². The predicted octanol–water partition coefficient (Wildman–Crippen LogP) is -1.01. The molecule has 1 aliphatic heterocycles. The minimum Gasteiger partial charge on any atom is -0.356 e. The minimum absolute atomic E-state index is 0.0537. The van der Waals surface area contributed by atoms with Crippen LogP contribution in [-0.2, 0) is 16.0 Å². The summed E-state index contributed by atoms with van der Waals surface area (Å²) in [6.07, 6.45) is 0.548. The molecule has 1 saturated heterocycles. The first-order chi connectivity index (χ1) is 11.2. The summed E-state index contributed by atoms with van der Waals surface area (Å²) in [5.41, 5.74) is -0.314. The van der Waals surface area contributed by atoms with Crippen LogP contribution in [0.25, 0.3) is 0 Å². The largest absolute Gasteiger partial charge is 0.356 e. The van der Waals surface area contributed by atoms with Crippen LogP contribution in [0.1, 0.15) is 33.0 Å². The molecule has 0 unspecified atom stereocenters. The second-order valence-corrected chi connectivity index (χ2v) is 7.27. The van der Waals surface area contributed by atoms with Crippen LogP contribution in [0, 0.1) is 5.41 Å². The fraction of sp³-hybridized carbons (Fsp3) is 0.733. The van der Waals surface area contributed by atoms with E-state index in [2.05, 4.69) is 51.5 Å². The Labute approximate surface area is 140 Å². The molecule has 1 aliphatic rings. The number of carbonyl (C=O) groups is 2. The number of hydrogen-bond acceptors (Lipinski definition) is 5. The van der Waals surface area contributed by atoms with Gasteiger partial charge in [0.15, 0.2) is 0 Å². The molecule has 9 nitrogen and oxygen atoms in total. The number of rotatable bonds is 6. The van der Waals surface area contributed by atoms with E-state index in [0.29, 0.717) is 25.3 Å². The molecule has 0 aliphatic carbocycles. The number of nitrogens with one attached hydrogen (secondary N) is 4. The molecule has 0 spiro atoms. The lowest BCUT2D eigenvalue weighted by molar-refractivity contribution is -0.134. The third-order valence-electron chi connectivity index (χ3n) is 3.73. The van der Waals surface area contributed by atoms with Crippen molar-refractivity contribution in [3.05, 3.63) is 16.3 Å². The lowest BCUT2D eigenvalue weighted by atomic mass is 9.94. The van der Waals surface area contributed by atoms with Gasteiger partial charge in [-0.1, -0.05) is 20.8 Å². The van der Waals surface area contributed by atoms with E-state index in [1.54, 1.807) is 0 Å². The van der Waals surface area contributed by atoms with Gasteiger partial charge in [0.25, 0.3) is 0 Å². The molecule has 4 N–H and O–H groups in total. The first-order valence-electron chi connectivity index (χ1n) is 8.16. The molecule has 2 rings (SSSR count). The Hall–Kier alpha value is -2.16. The summed E-state index contributed by atoms with van der Waals surface area (Å²) < 4.78 is 0. The highest BCUT2D eigenvalue weighted by atomic mass is 16.2. The Morgan fingerprint density at radius 2 is 2.12 bits per heavy atom. The van der Waals surface area contributed by atoms with Crippen molar-refractivity contribution in [3.63, 3.8) is 0 Å². The SMILES string of the molecule is CC(C)(C)CN1CCNC(=O)[C@@H]1CC(=O)NCCc1n[nH]c(=O)[nH]1. The highest BCUT2D eigenvalue weighted by Gasteiger charge is 2.33. The fourth-order valence-electron chi connectivity index (χ4n) is 2.77. The summed E-state index contributed by atoms with van der Waals surface area (Å²) in [4.78, 5) is 39.8. The van der Waals surface area contributed by atoms with Crippen LogP contribution in [0.2, 0.25) is 0 Å². The molecule has 24 heavy (non-hydrogen) atoms. The quantitative estimate of drug-likeness (QED) is 0.529. The maximum absolute atomic E-state index is 12.1. The highest BCUT2D eigenvalue weighted by molar-refractivity contribution is 5.88. The Balaban J connectivity index is 1.84. The van der Waals surface area contributed by atoms with E-state index in [0.717, 1.165) is 13.1 Å². The van der Waals surface area contributed by atoms with Crippen molar-refractivity contribution in [2.75, 3.05) is 26.2 Å². The molecule has 1 fully saturated rings. The van der Waals surface area contributed by atoms with Crippen LogP contribution in [0.3, 0.4) is 0 Å². The second kappa shape index (κ2) is 7.61. The van der Waals surface area contributed by atoms with Crippen molar-refractivity contribution in [2.24, 2.45) is 5.41 Å². The van der Waals surface area contributed by atoms with E-state index in [1.807, 2.05) is 0 Å². The number of piperazine rings is 1. The third kappa shape index (κ3) is 5.48. The molecule has 1 aromatic heterocycles. The minimum atomic E-state index is -0.442. The molecule has 134 valence electrons. The normalized spacial score (nSPS) is 19.1. The highest BCUT2D eigenvalue weighted by Crippen LogP contribution is 2.19. The number of amides is 2. The van der Waals surface area contributed by atoms with Crippen LogP contribution in [0.15, 0.2) is 4.79 Å². The summed E-state index contributed by atoms with van der Waals surface area (Å²) in [6, 6.07) is -0.442. The molecule has 2 amide bonds. The maximum atomic E-state index is 12.1. The van der Waals surface area contributed by atoms with Gasteiger partial charge < -0.3 is 10.6 Å². The molecule has 0 radical (unpaired) electrons. The Kier molecular flexibility index (Phi) is 5.76. The standard InChI is InChI=1S/C15H26N6O3/c1-15(2,3)9-21-7-6-17-13(23)10(21)8-12(22)16-5-4-11-18-14(24)20-19-11/h10H,4-9H2,1-3H3,(H,16,22)(H,17,23)(H2,18,19,20,24)/t10-/m0/s1.